The SMILES string of the molecule is CCC1=CC2=NC(c3cccc(C4=NC5C=CC(CC)=CC5=N4)n3)=NC2C=C1.[Cl-].[Cl-].[Fe+2]. The Labute approximate surface area is 205 Å². The van der Waals surface area contributed by atoms with E-state index in [9.17, 15) is 0 Å². The number of hydrogen-bond donors (Lipinski definition) is 0. The largest absolute Gasteiger partial charge is 2.00 e. The summed E-state index contributed by atoms with van der Waals surface area (Å²) in [6, 6.07) is 5.88. The smallest absolute Gasteiger partial charge is 1.00 e. The van der Waals surface area contributed by atoms with Gasteiger partial charge in [0, 0.05) is 0 Å². The van der Waals surface area contributed by atoms with E-state index in [1.165, 1.54) is 11.1 Å². The number of aliphatic imine (C=N–C) groups is 4. The van der Waals surface area contributed by atoms with Gasteiger partial charge in [-0.05, 0) is 48.3 Å². The topological polar surface area (TPSA) is 62.3 Å². The van der Waals surface area contributed by atoms with Gasteiger partial charge in [-0.25, -0.2) is 15.0 Å². The fraction of sp³-hybridized carbons (Fsp3) is 0.261. The standard InChI is InChI=1S/C23H21N5.2ClH.Fe/c1-3-14-8-10-16-20(12-14)27-22(25-16)18-6-5-7-19(24-18)23-26-17-11-9-15(4-2)13-21(17)28-23;;;/h5-13,16-17H,3-4H2,1-2H3;2*1H;/q;;;+2/p-2. The van der Waals surface area contributed by atoms with E-state index < -0.39 is 0 Å². The van der Waals surface area contributed by atoms with Crippen molar-refractivity contribution >= 4 is 23.1 Å². The van der Waals surface area contributed by atoms with Crippen LogP contribution in [-0.4, -0.2) is 40.2 Å². The Balaban J connectivity index is 0.00000114. The van der Waals surface area contributed by atoms with Crippen molar-refractivity contribution in [2.24, 2.45) is 20.0 Å². The van der Waals surface area contributed by atoms with Crippen molar-refractivity contribution in [3.63, 3.8) is 0 Å². The van der Waals surface area contributed by atoms with Gasteiger partial charge in [0.15, 0.2) is 11.7 Å². The van der Waals surface area contributed by atoms with Gasteiger partial charge < -0.3 is 24.8 Å². The minimum Gasteiger partial charge on any atom is -1.00 e. The minimum atomic E-state index is 0. The summed E-state index contributed by atoms with van der Waals surface area (Å²) in [6.07, 6.45) is 14.7. The molecule has 2 aliphatic carbocycles. The molecule has 0 fully saturated rings. The van der Waals surface area contributed by atoms with E-state index in [0.29, 0.717) is 11.7 Å². The molecule has 5 nitrogen and oxygen atoms in total. The van der Waals surface area contributed by atoms with Crippen LogP contribution in [-0.2, 0) is 17.1 Å². The maximum absolute atomic E-state index is 4.77. The Morgan fingerprint density at radius 1 is 0.742 bits per heavy atom. The van der Waals surface area contributed by atoms with Crippen molar-refractivity contribution in [2.75, 3.05) is 0 Å². The number of halogens is 2. The Morgan fingerprint density at radius 2 is 1.19 bits per heavy atom. The molecule has 0 amide bonds. The first-order valence-corrected chi connectivity index (χ1v) is 9.81. The van der Waals surface area contributed by atoms with Crippen LogP contribution < -0.4 is 24.8 Å². The van der Waals surface area contributed by atoms with Gasteiger partial charge in [-0.1, -0.05) is 44.2 Å². The molecule has 1 aromatic heterocycles. The third-order valence-corrected chi connectivity index (χ3v) is 5.27. The number of rotatable bonds is 4. The predicted octanol–water partition coefficient (Wildman–Crippen LogP) is -1.96. The van der Waals surface area contributed by atoms with Crippen molar-refractivity contribution in [3.05, 3.63) is 77.2 Å². The molecule has 1 aromatic rings. The average Bonchev–Trinajstić information content (AvgIpc) is 3.36. The molecule has 4 aliphatic rings. The van der Waals surface area contributed by atoms with Crippen LogP contribution in [0.3, 0.4) is 0 Å². The van der Waals surface area contributed by atoms with Crippen molar-refractivity contribution in [1.82, 2.24) is 4.98 Å². The molecular weight excluding hydrogens is 473 g/mol. The molecule has 0 aromatic carbocycles. The van der Waals surface area contributed by atoms with Gasteiger partial charge >= 0.3 is 17.1 Å². The van der Waals surface area contributed by atoms with Gasteiger partial charge in [-0.15, -0.1) is 0 Å². The van der Waals surface area contributed by atoms with Crippen LogP contribution in [0.25, 0.3) is 0 Å². The fourth-order valence-corrected chi connectivity index (χ4v) is 3.62. The van der Waals surface area contributed by atoms with Crippen molar-refractivity contribution in [2.45, 2.75) is 38.8 Å². The van der Waals surface area contributed by atoms with E-state index in [1.807, 2.05) is 18.2 Å². The van der Waals surface area contributed by atoms with Gasteiger partial charge in [0.1, 0.15) is 23.5 Å². The van der Waals surface area contributed by atoms with E-state index in [0.717, 1.165) is 35.7 Å². The van der Waals surface area contributed by atoms with Crippen molar-refractivity contribution in [1.29, 1.82) is 0 Å². The van der Waals surface area contributed by atoms with Gasteiger partial charge in [0.05, 0.1) is 11.4 Å². The number of amidine groups is 2. The Kier molecular flexibility index (Phi) is 8.49. The van der Waals surface area contributed by atoms with Crippen LogP contribution in [0.2, 0.25) is 0 Å². The molecule has 160 valence electrons. The van der Waals surface area contributed by atoms with Crippen LogP contribution in [0.15, 0.2) is 85.8 Å². The molecule has 31 heavy (non-hydrogen) atoms. The minimum absolute atomic E-state index is 0. The van der Waals surface area contributed by atoms with E-state index in [4.69, 9.17) is 25.0 Å². The van der Waals surface area contributed by atoms with Gasteiger partial charge in [0.2, 0.25) is 0 Å². The summed E-state index contributed by atoms with van der Waals surface area (Å²) >= 11 is 0. The van der Waals surface area contributed by atoms with E-state index in [2.05, 4.69) is 50.3 Å². The summed E-state index contributed by atoms with van der Waals surface area (Å²) in [4.78, 5) is 23.7. The number of fused-ring (bicyclic) bond motifs is 2. The second-order valence-corrected chi connectivity index (χ2v) is 7.14. The third kappa shape index (κ3) is 4.88. The van der Waals surface area contributed by atoms with E-state index >= 15 is 0 Å². The van der Waals surface area contributed by atoms with Crippen molar-refractivity contribution < 1.29 is 41.9 Å². The zero-order valence-corrected chi connectivity index (χ0v) is 19.7. The molecule has 0 bridgehead atoms. The number of pyridine rings is 1. The summed E-state index contributed by atoms with van der Waals surface area (Å²) in [6.45, 7) is 4.29. The molecule has 8 heteroatoms. The van der Waals surface area contributed by atoms with Gasteiger partial charge in [-0.2, -0.15) is 0 Å². The number of allylic oxidation sites excluding steroid dienone is 4. The maximum Gasteiger partial charge on any atom is 2.00 e. The normalized spacial score (nSPS) is 22.3. The summed E-state index contributed by atoms with van der Waals surface area (Å²) in [7, 11) is 0. The second kappa shape index (κ2) is 10.5. The quantitative estimate of drug-likeness (QED) is 0.449. The Morgan fingerprint density at radius 3 is 1.61 bits per heavy atom. The van der Waals surface area contributed by atoms with Gasteiger partial charge in [-0.3, -0.25) is 9.98 Å². The molecule has 5 rings (SSSR count). The molecule has 0 spiro atoms. The Bertz CT molecular complexity index is 1030. The zero-order valence-electron chi connectivity index (χ0n) is 17.1. The van der Waals surface area contributed by atoms with Crippen molar-refractivity contribution in [3.8, 4) is 0 Å². The fourth-order valence-electron chi connectivity index (χ4n) is 3.62. The number of aromatic nitrogens is 1. The molecule has 0 saturated heterocycles. The van der Waals surface area contributed by atoms with Crippen LogP contribution in [0.1, 0.15) is 38.1 Å². The van der Waals surface area contributed by atoms with Gasteiger partial charge in [0.25, 0.3) is 0 Å². The van der Waals surface area contributed by atoms with Crippen LogP contribution >= 0.6 is 0 Å². The van der Waals surface area contributed by atoms with Crippen LogP contribution in [0, 0.1) is 0 Å². The monoisotopic (exact) mass is 493 g/mol. The summed E-state index contributed by atoms with van der Waals surface area (Å²) in [5, 5.41) is 0. The third-order valence-electron chi connectivity index (χ3n) is 5.27. The summed E-state index contributed by atoms with van der Waals surface area (Å²) < 4.78 is 0. The zero-order chi connectivity index (χ0) is 19.1. The summed E-state index contributed by atoms with van der Waals surface area (Å²) in [5.41, 5.74) is 6.07. The first-order chi connectivity index (χ1) is 13.7. The molecule has 0 N–H and O–H groups in total. The molecule has 0 saturated carbocycles. The second-order valence-electron chi connectivity index (χ2n) is 7.14. The molecule has 3 heterocycles. The molecular formula is C23H21Cl2FeN5. The maximum atomic E-state index is 4.77. The first-order valence-electron chi connectivity index (χ1n) is 9.81. The average molecular weight is 494 g/mol. The molecule has 2 aliphatic heterocycles. The van der Waals surface area contributed by atoms with E-state index in [-0.39, 0.29) is 54.0 Å². The van der Waals surface area contributed by atoms with Crippen LogP contribution in [0.4, 0.5) is 0 Å². The molecule has 2 unspecified atom stereocenters. The first kappa shape index (κ1) is 25.2. The number of hydrogen-bond acceptors (Lipinski definition) is 5. The Hall–Kier alpha value is -2.11. The van der Waals surface area contributed by atoms with E-state index in [1.54, 1.807) is 0 Å². The predicted molar refractivity (Wildman–Crippen MR) is 115 cm³/mol. The molecule has 2 atom stereocenters. The van der Waals surface area contributed by atoms with Crippen LogP contribution in [0.5, 0.6) is 0 Å². The molecule has 0 radical (unpaired) electrons. The number of nitrogens with zero attached hydrogens (tertiary/aromatic N) is 5. The summed E-state index contributed by atoms with van der Waals surface area (Å²) in [5.74, 6) is 1.36.